The molecule has 1 amide bonds. The third-order valence-electron chi connectivity index (χ3n) is 5.29. The second-order valence-corrected chi connectivity index (χ2v) is 8.11. The number of aryl methyl sites for hydroxylation is 1. The molecular formula is C22H32N2O3. The molecule has 0 unspecified atom stereocenters. The summed E-state index contributed by atoms with van der Waals surface area (Å²) in [5.41, 5.74) is 3.68. The summed E-state index contributed by atoms with van der Waals surface area (Å²) in [4.78, 5) is 26.8. The molecule has 0 saturated heterocycles. The van der Waals surface area contributed by atoms with Crippen LogP contribution in [-0.2, 0) is 20.7 Å². The van der Waals surface area contributed by atoms with Crippen molar-refractivity contribution in [1.82, 2.24) is 10.2 Å². The lowest BCUT2D eigenvalue weighted by molar-refractivity contribution is -0.141. The molecule has 2 atom stereocenters. The standard InChI is InChI=1S/C22H32N2O3/c1-8-16-11-9-10-12-17(16)18(13-19(25)27-7)23-20-14(2)15(3)21(26)24(20)22(4,5)6/h9-12,18,20,23H,8,13H2,1-7H3/t18-,20-/m1/s1. The third kappa shape index (κ3) is 4.41. The molecule has 0 bridgehead atoms. The maximum Gasteiger partial charge on any atom is 0.307 e. The van der Waals surface area contributed by atoms with Crippen LogP contribution in [0.15, 0.2) is 35.4 Å². The van der Waals surface area contributed by atoms with E-state index in [1.807, 2.05) is 57.7 Å². The lowest BCUT2D eigenvalue weighted by Crippen LogP contribution is -2.55. The first-order valence-corrected chi connectivity index (χ1v) is 9.53. The Morgan fingerprint density at radius 1 is 1.26 bits per heavy atom. The van der Waals surface area contributed by atoms with Gasteiger partial charge in [-0.3, -0.25) is 14.9 Å². The summed E-state index contributed by atoms with van der Waals surface area (Å²) in [6.45, 7) is 12.0. The lowest BCUT2D eigenvalue weighted by Gasteiger charge is -2.40. The molecule has 2 rings (SSSR count). The molecule has 0 aliphatic carbocycles. The Morgan fingerprint density at radius 2 is 1.89 bits per heavy atom. The number of carbonyl (C=O) groups excluding carboxylic acids is 2. The number of esters is 1. The average molecular weight is 373 g/mol. The molecule has 1 aromatic carbocycles. The van der Waals surface area contributed by atoms with Crippen LogP contribution in [0.1, 0.15) is 65.1 Å². The largest absolute Gasteiger partial charge is 0.469 e. The van der Waals surface area contributed by atoms with E-state index in [1.165, 1.54) is 12.7 Å². The van der Waals surface area contributed by atoms with Crippen molar-refractivity contribution in [3.05, 3.63) is 46.5 Å². The maximum absolute atomic E-state index is 12.8. The molecule has 0 saturated carbocycles. The van der Waals surface area contributed by atoms with Gasteiger partial charge in [-0.2, -0.15) is 0 Å². The summed E-state index contributed by atoms with van der Waals surface area (Å²) in [7, 11) is 1.40. The van der Waals surface area contributed by atoms with Crippen molar-refractivity contribution in [3.63, 3.8) is 0 Å². The number of methoxy groups -OCH3 is 1. The van der Waals surface area contributed by atoms with E-state index in [0.717, 1.165) is 23.1 Å². The van der Waals surface area contributed by atoms with Gasteiger partial charge in [0, 0.05) is 17.2 Å². The molecule has 5 nitrogen and oxygen atoms in total. The van der Waals surface area contributed by atoms with Crippen LogP contribution in [0.25, 0.3) is 0 Å². The predicted molar refractivity (Wildman–Crippen MR) is 107 cm³/mol. The number of hydrogen-bond donors (Lipinski definition) is 1. The molecule has 5 heteroatoms. The van der Waals surface area contributed by atoms with E-state index in [1.54, 1.807) is 0 Å². The molecule has 1 aliphatic rings. The normalized spacial score (nSPS) is 18.9. The first kappa shape index (κ1) is 21.2. The van der Waals surface area contributed by atoms with E-state index in [2.05, 4.69) is 18.3 Å². The van der Waals surface area contributed by atoms with Gasteiger partial charge in [-0.15, -0.1) is 0 Å². The molecule has 0 spiro atoms. The zero-order chi connectivity index (χ0) is 20.4. The van der Waals surface area contributed by atoms with Crippen molar-refractivity contribution < 1.29 is 14.3 Å². The molecule has 0 radical (unpaired) electrons. The molecule has 148 valence electrons. The van der Waals surface area contributed by atoms with Crippen LogP contribution in [0, 0.1) is 0 Å². The summed E-state index contributed by atoms with van der Waals surface area (Å²) >= 11 is 0. The average Bonchev–Trinajstić information content (AvgIpc) is 2.84. The van der Waals surface area contributed by atoms with Crippen molar-refractivity contribution in [3.8, 4) is 0 Å². The summed E-state index contributed by atoms with van der Waals surface area (Å²) in [6, 6.07) is 7.88. The van der Waals surface area contributed by atoms with Crippen LogP contribution < -0.4 is 5.32 Å². The number of benzene rings is 1. The smallest absolute Gasteiger partial charge is 0.307 e. The monoisotopic (exact) mass is 372 g/mol. The van der Waals surface area contributed by atoms with E-state index in [9.17, 15) is 9.59 Å². The zero-order valence-corrected chi connectivity index (χ0v) is 17.6. The van der Waals surface area contributed by atoms with Crippen molar-refractivity contribution >= 4 is 11.9 Å². The Morgan fingerprint density at radius 3 is 2.44 bits per heavy atom. The zero-order valence-electron chi connectivity index (χ0n) is 17.6. The minimum Gasteiger partial charge on any atom is -0.469 e. The topological polar surface area (TPSA) is 58.6 Å². The van der Waals surface area contributed by atoms with Crippen molar-refractivity contribution in [2.24, 2.45) is 0 Å². The molecule has 1 aromatic rings. The Hall–Kier alpha value is -2.14. The highest BCUT2D eigenvalue weighted by atomic mass is 16.5. The number of amides is 1. The Balaban J connectivity index is 2.44. The van der Waals surface area contributed by atoms with Crippen LogP contribution in [0.2, 0.25) is 0 Å². The van der Waals surface area contributed by atoms with Gasteiger partial charge >= 0.3 is 5.97 Å². The van der Waals surface area contributed by atoms with Crippen LogP contribution in [-0.4, -0.2) is 35.6 Å². The van der Waals surface area contributed by atoms with E-state index < -0.39 is 0 Å². The molecule has 1 heterocycles. The quantitative estimate of drug-likeness (QED) is 0.773. The summed E-state index contributed by atoms with van der Waals surface area (Å²) in [5, 5.41) is 3.59. The van der Waals surface area contributed by atoms with E-state index in [-0.39, 0.29) is 36.0 Å². The SMILES string of the molecule is CCc1ccccc1[C@@H](CC(=O)OC)N[C@H]1C(C)=C(C)C(=O)N1C(C)(C)C. The Labute approximate surface area is 162 Å². The Kier molecular flexibility index (Phi) is 6.47. The van der Waals surface area contributed by atoms with Crippen LogP contribution in [0.4, 0.5) is 0 Å². The molecule has 1 N–H and O–H groups in total. The summed E-state index contributed by atoms with van der Waals surface area (Å²) in [6.07, 6.45) is 0.829. The van der Waals surface area contributed by atoms with Gasteiger partial charge in [0.15, 0.2) is 0 Å². The van der Waals surface area contributed by atoms with E-state index in [0.29, 0.717) is 0 Å². The van der Waals surface area contributed by atoms with Crippen LogP contribution >= 0.6 is 0 Å². The number of carbonyl (C=O) groups is 2. The molecule has 0 fully saturated rings. The predicted octanol–water partition coefficient (Wildman–Crippen LogP) is 3.75. The summed E-state index contributed by atoms with van der Waals surface area (Å²) < 4.78 is 4.93. The highest BCUT2D eigenvalue weighted by Crippen LogP contribution is 2.33. The van der Waals surface area contributed by atoms with Crippen molar-refractivity contribution in [1.29, 1.82) is 0 Å². The fourth-order valence-electron chi connectivity index (χ4n) is 3.65. The Bertz CT molecular complexity index is 746. The molecule has 27 heavy (non-hydrogen) atoms. The van der Waals surface area contributed by atoms with Gasteiger partial charge in [-0.25, -0.2) is 0 Å². The fraction of sp³-hybridized carbons (Fsp3) is 0.545. The molecule has 1 aliphatic heterocycles. The van der Waals surface area contributed by atoms with E-state index >= 15 is 0 Å². The first-order chi connectivity index (χ1) is 12.6. The highest BCUT2D eigenvalue weighted by Gasteiger charge is 2.42. The van der Waals surface area contributed by atoms with Gasteiger partial charge in [0.2, 0.25) is 0 Å². The number of hydrogen-bond acceptors (Lipinski definition) is 4. The van der Waals surface area contributed by atoms with E-state index in [4.69, 9.17) is 4.74 Å². The van der Waals surface area contributed by atoms with Gasteiger partial charge in [-0.05, 0) is 57.7 Å². The minimum absolute atomic E-state index is 0.0399. The van der Waals surface area contributed by atoms with Crippen LogP contribution in [0.3, 0.4) is 0 Å². The fourth-order valence-corrected chi connectivity index (χ4v) is 3.65. The number of nitrogens with zero attached hydrogens (tertiary/aromatic N) is 1. The number of rotatable bonds is 6. The van der Waals surface area contributed by atoms with Gasteiger partial charge in [-0.1, -0.05) is 31.2 Å². The highest BCUT2D eigenvalue weighted by molar-refractivity contribution is 5.97. The number of nitrogens with one attached hydrogen (secondary N) is 1. The second kappa shape index (κ2) is 8.26. The van der Waals surface area contributed by atoms with Crippen molar-refractivity contribution in [2.45, 2.75) is 72.1 Å². The van der Waals surface area contributed by atoms with Gasteiger partial charge in [0.1, 0.15) is 6.17 Å². The lowest BCUT2D eigenvalue weighted by atomic mass is 9.95. The minimum atomic E-state index is -0.339. The van der Waals surface area contributed by atoms with Gasteiger partial charge in [0.05, 0.1) is 13.5 Å². The maximum atomic E-state index is 12.8. The molecule has 0 aromatic heterocycles. The van der Waals surface area contributed by atoms with Gasteiger partial charge in [0.25, 0.3) is 5.91 Å². The second-order valence-electron chi connectivity index (χ2n) is 8.11. The molecular weight excluding hydrogens is 340 g/mol. The van der Waals surface area contributed by atoms with Gasteiger partial charge < -0.3 is 9.64 Å². The van der Waals surface area contributed by atoms with Crippen LogP contribution in [0.5, 0.6) is 0 Å². The first-order valence-electron chi connectivity index (χ1n) is 9.53. The van der Waals surface area contributed by atoms with Crippen molar-refractivity contribution in [2.75, 3.05) is 7.11 Å². The summed E-state index contributed by atoms with van der Waals surface area (Å²) in [5.74, 6) is -0.235. The third-order valence-corrected chi connectivity index (χ3v) is 5.29. The number of ether oxygens (including phenoxy) is 1.